The first-order valence-electron chi connectivity index (χ1n) is 5.64. The van der Waals surface area contributed by atoms with E-state index < -0.39 is 0 Å². The first-order chi connectivity index (χ1) is 7.27. The van der Waals surface area contributed by atoms with Crippen LogP contribution < -0.4 is 0 Å². The molecule has 2 nitrogen and oxygen atoms in total. The molecule has 1 saturated heterocycles. The molecule has 1 aliphatic rings. The number of aliphatic hydroxyl groups excluding tert-OH is 1. The summed E-state index contributed by atoms with van der Waals surface area (Å²) in [6.45, 7) is 2.77. The van der Waals surface area contributed by atoms with Gasteiger partial charge < -0.3 is 9.84 Å². The highest BCUT2D eigenvalue weighted by Crippen LogP contribution is 2.37. The van der Waals surface area contributed by atoms with E-state index in [9.17, 15) is 5.11 Å². The fourth-order valence-corrected chi connectivity index (χ4v) is 2.33. The lowest BCUT2D eigenvalue weighted by molar-refractivity contribution is -0.125. The molecule has 1 heterocycles. The van der Waals surface area contributed by atoms with Crippen molar-refractivity contribution in [3.05, 3.63) is 35.9 Å². The molecule has 2 heteroatoms. The quantitative estimate of drug-likeness (QED) is 0.805. The van der Waals surface area contributed by atoms with Crippen LogP contribution in [-0.2, 0) is 10.3 Å². The van der Waals surface area contributed by atoms with Gasteiger partial charge in [-0.25, -0.2) is 0 Å². The molecule has 2 rings (SSSR count). The maximum Gasteiger partial charge on any atom is 0.0953 e. The number of hydrogen-bond donors (Lipinski definition) is 1. The zero-order valence-electron chi connectivity index (χ0n) is 9.15. The van der Waals surface area contributed by atoms with E-state index in [0.29, 0.717) is 13.0 Å². The molecular weight excluding hydrogens is 188 g/mol. The molecule has 0 aliphatic carbocycles. The van der Waals surface area contributed by atoms with E-state index >= 15 is 0 Å². The Hall–Kier alpha value is -0.860. The fourth-order valence-electron chi connectivity index (χ4n) is 2.33. The van der Waals surface area contributed by atoms with E-state index in [1.807, 2.05) is 18.2 Å². The first kappa shape index (κ1) is 10.7. The van der Waals surface area contributed by atoms with Crippen molar-refractivity contribution in [3.63, 3.8) is 0 Å². The lowest BCUT2D eigenvalue weighted by atomic mass is 9.83. The number of aliphatic hydroxyl groups is 1. The van der Waals surface area contributed by atoms with E-state index in [0.717, 1.165) is 12.8 Å². The maximum atomic E-state index is 9.76. The third-order valence-corrected chi connectivity index (χ3v) is 3.27. The van der Waals surface area contributed by atoms with Gasteiger partial charge in [-0.1, -0.05) is 37.3 Å². The lowest BCUT2D eigenvalue weighted by Gasteiger charge is -2.39. The molecule has 1 fully saturated rings. The zero-order chi connectivity index (χ0) is 10.7. The second kappa shape index (κ2) is 4.33. The summed E-state index contributed by atoms with van der Waals surface area (Å²) in [6, 6.07) is 10.2. The van der Waals surface area contributed by atoms with E-state index in [1.165, 1.54) is 5.56 Å². The van der Waals surface area contributed by atoms with Gasteiger partial charge >= 0.3 is 0 Å². The van der Waals surface area contributed by atoms with Crippen molar-refractivity contribution < 1.29 is 9.84 Å². The van der Waals surface area contributed by atoms with Crippen LogP contribution in [0.25, 0.3) is 0 Å². The van der Waals surface area contributed by atoms with E-state index in [1.54, 1.807) is 0 Å². The lowest BCUT2D eigenvalue weighted by Crippen LogP contribution is -2.39. The van der Waals surface area contributed by atoms with Crippen LogP contribution in [0.4, 0.5) is 0 Å². The van der Waals surface area contributed by atoms with Gasteiger partial charge in [0.25, 0.3) is 0 Å². The smallest absolute Gasteiger partial charge is 0.0953 e. The van der Waals surface area contributed by atoms with Crippen LogP contribution in [0.15, 0.2) is 30.3 Å². The molecule has 15 heavy (non-hydrogen) atoms. The third-order valence-electron chi connectivity index (χ3n) is 3.27. The molecular formula is C13H18O2. The predicted molar refractivity (Wildman–Crippen MR) is 59.6 cm³/mol. The van der Waals surface area contributed by atoms with E-state index in [4.69, 9.17) is 4.74 Å². The Balaban J connectivity index is 2.28. The molecule has 0 saturated carbocycles. The Morgan fingerprint density at radius 2 is 2.13 bits per heavy atom. The van der Waals surface area contributed by atoms with Crippen LogP contribution >= 0.6 is 0 Å². The van der Waals surface area contributed by atoms with Gasteiger partial charge in [-0.2, -0.15) is 0 Å². The minimum absolute atomic E-state index is 0.223. The molecule has 0 amide bonds. The summed E-state index contributed by atoms with van der Waals surface area (Å²) >= 11 is 0. The Labute approximate surface area is 90.9 Å². The Bertz CT molecular complexity index is 310. The minimum Gasteiger partial charge on any atom is -0.393 e. The van der Waals surface area contributed by atoms with Gasteiger partial charge in [-0.05, 0) is 18.4 Å². The molecule has 1 N–H and O–H groups in total. The number of rotatable bonds is 2. The molecule has 0 bridgehead atoms. The number of benzene rings is 1. The molecule has 82 valence electrons. The molecule has 2 unspecified atom stereocenters. The Morgan fingerprint density at radius 3 is 2.73 bits per heavy atom. The summed E-state index contributed by atoms with van der Waals surface area (Å²) in [5.74, 6) is 0. The van der Waals surface area contributed by atoms with Gasteiger partial charge in [0.2, 0.25) is 0 Å². The monoisotopic (exact) mass is 206 g/mol. The highest BCUT2D eigenvalue weighted by molar-refractivity contribution is 5.23. The fraction of sp³-hybridized carbons (Fsp3) is 0.538. The van der Waals surface area contributed by atoms with Gasteiger partial charge in [-0.15, -0.1) is 0 Å². The van der Waals surface area contributed by atoms with Crippen molar-refractivity contribution in [2.24, 2.45) is 0 Å². The van der Waals surface area contributed by atoms with Gasteiger partial charge in [-0.3, -0.25) is 0 Å². The standard InChI is InChI=1S/C13H18O2/c1-2-13(10-12(14)8-9-15-13)11-6-4-3-5-7-11/h3-7,12,14H,2,8-10H2,1H3. The highest BCUT2D eigenvalue weighted by atomic mass is 16.5. The average molecular weight is 206 g/mol. The summed E-state index contributed by atoms with van der Waals surface area (Å²) in [7, 11) is 0. The summed E-state index contributed by atoms with van der Waals surface area (Å²) in [5.41, 5.74) is 0.921. The Morgan fingerprint density at radius 1 is 1.40 bits per heavy atom. The summed E-state index contributed by atoms with van der Waals surface area (Å²) < 4.78 is 5.91. The second-order valence-corrected chi connectivity index (χ2v) is 4.21. The second-order valence-electron chi connectivity index (χ2n) is 4.21. The molecule has 0 aromatic heterocycles. The Kier molecular flexibility index (Phi) is 3.08. The summed E-state index contributed by atoms with van der Waals surface area (Å²) in [5, 5.41) is 9.76. The van der Waals surface area contributed by atoms with E-state index in [-0.39, 0.29) is 11.7 Å². The molecule has 0 radical (unpaired) electrons. The van der Waals surface area contributed by atoms with Gasteiger partial charge in [0.15, 0.2) is 0 Å². The van der Waals surface area contributed by atoms with Crippen LogP contribution in [0.5, 0.6) is 0 Å². The van der Waals surface area contributed by atoms with Crippen LogP contribution in [0, 0.1) is 0 Å². The van der Waals surface area contributed by atoms with Crippen molar-refractivity contribution in [2.75, 3.05) is 6.61 Å². The zero-order valence-corrected chi connectivity index (χ0v) is 9.15. The van der Waals surface area contributed by atoms with Gasteiger partial charge in [0, 0.05) is 6.42 Å². The minimum atomic E-state index is -0.265. The van der Waals surface area contributed by atoms with Crippen LogP contribution in [-0.4, -0.2) is 17.8 Å². The van der Waals surface area contributed by atoms with Crippen molar-refractivity contribution in [1.29, 1.82) is 0 Å². The first-order valence-corrected chi connectivity index (χ1v) is 5.64. The van der Waals surface area contributed by atoms with Crippen molar-refractivity contribution in [2.45, 2.75) is 37.9 Å². The van der Waals surface area contributed by atoms with Crippen LogP contribution in [0.1, 0.15) is 31.7 Å². The molecule has 2 atom stereocenters. The molecule has 1 aromatic rings. The van der Waals surface area contributed by atoms with Gasteiger partial charge in [0.1, 0.15) is 0 Å². The molecule has 1 aliphatic heterocycles. The summed E-state index contributed by atoms with van der Waals surface area (Å²) in [6.07, 6.45) is 2.16. The van der Waals surface area contributed by atoms with Crippen LogP contribution in [0.2, 0.25) is 0 Å². The maximum absolute atomic E-state index is 9.76. The molecule has 1 aromatic carbocycles. The largest absolute Gasteiger partial charge is 0.393 e. The van der Waals surface area contributed by atoms with E-state index in [2.05, 4.69) is 19.1 Å². The highest BCUT2D eigenvalue weighted by Gasteiger charge is 2.36. The number of hydrogen-bond acceptors (Lipinski definition) is 2. The van der Waals surface area contributed by atoms with Crippen molar-refractivity contribution in [3.8, 4) is 0 Å². The molecule has 0 spiro atoms. The third kappa shape index (κ3) is 2.06. The number of ether oxygens (including phenoxy) is 1. The predicted octanol–water partition coefficient (Wildman–Crippen LogP) is 2.46. The SMILES string of the molecule is CCC1(c2ccccc2)CC(O)CCO1. The topological polar surface area (TPSA) is 29.5 Å². The van der Waals surface area contributed by atoms with Crippen LogP contribution in [0.3, 0.4) is 0 Å². The average Bonchev–Trinajstić information content (AvgIpc) is 2.30. The normalized spacial score (nSPS) is 31.5. The van der Waals surface area contributed by atoms with Gasteiger partial charge in [0.05, 0.1) is 18.3 Å². The van der Waals surface area contributed by atoms with Crippen molar-refractivity contribution in [1.82, 2.24) is 0 Å². The van der Waals surface area contributed by atoms with Crippen molar-refractivity contribution >= 4 is 0 Å². The summed E-state index contributed by atoms with van der Waals surface area (Å²) in [4.78, 5) is 0.